The van der Waals surface area contributed by atoms with Crippen LogP contribution in [0.3, 0.4) is 0 Å². The molecule has 1 aromatic rings. The van der Waals surface area contributed by atoms with Gasteiger partial charge in [-0.2, -0.15) is 0 Å². The molecule has 0 spiro atoms. The fourth-order valence-corrected chi connectivity index (χ4v) is 3.70. The summed E-state index contributed by atoms with van der Waals surface area (Å²) >= 11 is 0. The van der Waals surface area contributed by atoms with Crippen molar-refractivity contribution in [3.8, 4) is 0 Å². The quantitative estimate of drug-likeness (QED) is 0.896. The Morgan fingerprint density at radius 1 is 1.25 bits per heavy atom. The lowest BCUT2D eigenvalue weighted by Crippen LogP contribution is -2.33. The molecule has 0 aromatic carbocycles. The van der Waals surface area contributed by atoms with E-state index in [4.69, 9.17) is 4.98 Å². The first-order chi connectivity index (χ1) is 9.72. The van der Waals surface area contributed by atoms with E-state index in [2.05, 4.69) is 34.8 Å². The van der Waals surface area contributed by atoms with Gasteiger partial charge in [0.1, 0.15) is 0 Å². The molecule has 112 valence electrons. The second-order valence-corrected chi connectivity index (χ2v) is 6.60. The summed E-state index contributed by atoms with van der Waals surface area (Å²) in [5.74, 6) is 1.08. The zero-order valence-corrected chi connectivity index (χ0v) is 12.9. The van der Waals surface area contributed by atoms with E-state index in [1.807, 2.05) is 0 Å². The summed E-state index contributed by atoms with van der Waals surface area (Å²) in [6.45, 7) is 8.05. The molecule has 1 saturated carbocycles. The lowest BCUT2D eigenvalue weighted by atomic mass is 10.2. The van der Waals surface area contributed by atoms with Crippen LogP contribution in [0.5, 0.6) is 0 Å². The van der Waals surface area contributed by atoms with Gasteiger partial charge in [-0.05, 0) is 52.6 Å². The number of nitrogens with one attached hydrogen (secondary N) is 1. The molecule has 4 nitrogen and oxygen atoms in total. The predicted octanol–water partition coefficient (Wildman–Crippen LogP) is 3.20. The van der Waals surface area contributed by atoms with Crippen molar-refractivity contribution in [3.63, 3.8) is 0 Å². The molecule has 0 amide bonds. The Morgan fingerprint density at radius 3 is 2.65 bits per heavy atom. The first kappa shape index (κ1) is 13.9. The summed E-state index contributed by atoms with van der Waals surface area (Å²) in [6.07, 6.45) is 10.3. The molecule has 0 radical (unpaired) electrons. The molecule has 1 aromatic heterocycles. The van der Waals surface area contributed by atoms with E-state index < -0.39 is 0 Å². The Labute approximate surface area is 122 Å². The molecule has 1 aliphatic heterocycles. The van der Waals surface area contributed by atoms with E-state index in [1.165, 1.54) is 51.6 Å². The number of hydrogen-bond donors (Lipinski definition) is 1. The van der Waals surface area contributed by atoms with Gasteiger partial charge in [-0.3, -0.25) is 0 Å². The van der Waals surface area contributed by atoms with Crippen LogP contribution in [-0.2, 0) is 0 Å². The Bertz CT molecular complexity index is 428. The van der Waals surface area contributed by atoms with Crippen molar-refractivity contribution < 1.29 is 0 Å². The van der Waals surface area contributed by atoms with Gasteiger partial charge in [0, 0.05) is 24.8 Å². The van der Waals surface area contributed by atoms with Gasteiger partial charge < -0.3 is 14.8 Å². The highest BCUT2D eigenvalue weighted by molar-refractivity contribution is 5.31. The first-order valence-electron chi connectivity index (χ1n) is 8.27. The van der Waals surface area contributed by atoms with Crippen molar-refractivity contribution in [2.75, 3.05) is 25.0 Å². The van der Waals surface area contributed by atoms with Gasteiger partial charge in [-0.15, -0.1) is 0 Å². The Kier molecular flexibility index (Phi) is 4.29. The third-order valence-electron chi connectivity index (χ3n) is 4.68. The Hall–Kier alpha value is -1.03. The fourth-order valence-electron chi connectivity index (χ4n) is 3.70. The topological polar surface area (TPSA) is 33.1 Å². The molecule has 1 aliphatic carbocycles. The third-order valence-corrected chi connectivity index (χ3v) is 4.68. The van der Waals surface area contributed by atoms with Crippen LogP contribution in [0.15, 0.2) is 6.20 Å². The van der Waals surface area contributed by atoms with Crippen LogP contribution in [0.4, 0.5) is 5.95 Å². The third kappa shape index (κ3) is 3.17. The highest BCUT2D eigenvalue weighted by Crippen LogP contribution is 2.32. The SMILES string of the molecule is Cc1cn(C2CCCC2)c(NC(C)CN2CCCC2)n1. The summed E-state index contributed by atoms with van der Waals surface area (Å²) in [5, 5.41) is 3.65. The summed E-state index contributed by atoms with van der Waals surface area (Å²) < 4.78 is 2.39. The van der Waals surface area contributed by atoms with Crippen molar-refractivity contribution in [1.82, 2.24) is 14.5 Å². The molecule has 20 heavy (non-hydrogen) atoms. The lowest BCUT2D eigenvalue weighted by molar-refractivity contribution is 0.327. The maximum absolute atomic E-state index is 4.70. The lowest BCUT2D eigenvalue weighted by Gasteiger charge is -2.23. The van der Waals surface area contributed by atoms with Gasteiger partial charge in [-0.1, -0.05) is 12.8 Å². The highest BCUT2D eigenvalue weighted by Gasteiger charge is 2.21. The minimum absolute atomic E-state index is 0.468. The number of likely N-dealkylation sites (tertiary alicyclic amines) is 1. The van der Waals surface area contributed by atoms with Gasteiger partial charge in [0.2, 0.25) is 5.95 Å². The van der Waals surface area contributed by atoms with E-state index in [0.29, 0.717) is 12.1 Å². The molecular weight excluding hydrogens is 248 g/mol. The monoisotopic (exact) mass is 276 g/mol. The number of imidazole rings is 1. The second kappa shape index (κ2) is 6.17. The molecule has 2 aliphatic rings. The number of anilines is 1. The van der Waals surface area contributed by atoms with Crippen molar-refractivity contribution in [3.05, 3.63) is 11.9 Å². The zero-order chi connectivity index (χ0) is 13.9. The largest absolute Gasteiger partial charge is 0.352 e. The first-order valence-corrected chi connectivity index (χ1v) is 8.27. The van der Waals surface area contributed by atoms with Gasteiger partial charge in [0.15, 0.2) is 0 Å². The van der Waals surface area contributed by atoms with Crippen LogP contribution in [0, 0.1) is 6.92 Å². The van der Waals surface area contributed by atoms with Crippen molar-refractivity contribution in [1.29, 1.82) is 0 Å². The molecule has 4 heteroatoms. The van der Waals surface area contributed by atoms with Crippen LogP contribution < -0.4 is 5.32 Å². The van der Waals surface area contributed by atoms with Crippen LogP contribution in [0.25, 0.3) is 0 Å². The number of nitrogens with zero attached hydrogens (tertiary/aromatic N) is 3. The fraction of sp³-hybridized carbons (Fsp3) is 0.812. The molecule has 1 atom stereocenters. The van der Waals surface area contributed by atoms with Crippen LogP contribution >= 0.6 is 0 Å². The number of aromatic nitrogens is 2. The van der Waals surface area contributed by atoms with Crippen molar-refractivity contribution in [2.24, 2.45) is 0 Å². The number of hydrogen-bond acceptors (Lipinski definition) is 3. The van der Waals surface area contributed by atoms with Gasteiger partial charge >= 0.3 is 0 Å². The minimum Gasteiger partial charge on any atom is -0.352 e. The average Bonchev–Trinajstić information content (AvgIpc) is 3.10. The molecule has 0 bridgehead atoms. The van der Waals surface area contributed by atoms with Crippen molar-refractivity contribution >= 4 is 5.95 Å². The smallest absolute Gasteiger partial charge is 0.203 e. The van der Waals surface area contributed by atoms with Crippen molar-refractivity contribution in [2.45, 2.75) is 64.5 Å². The number of aryl methyl sites for hydroxylation is 1. The summed E-state index contributed by atoms with van der Waals surface area (Å²) in [4.78, 5) is 7.27. The van der Waals surface area contributed by atoms with E-state index >= 15 is 0 Å². The van der Waals surface area contributed by atoms with Crippen LogP contribution in [-0.4, -0.2) is 40.1 Å². The summed E-state index contributed by atoms with van der Waals surface area (Å²) in [5.41, 5.74) is 1.13. The van der Waals surface area contributed by atoms with Crippen LogP contribution in [0.1, 0.15) is 57.2 Å². The number of rotatable bonds is 5. The maximum atomic E-state index is 4.70. The van der Waals surface area contributed by atoms with E-state index in [1.54, 1.807) is 0 Å². The molecule has 1 saturated heterocycles. The predicted molar refractivity (Wildman–Crippen MR) is 83.2 cm³/mol. The van der Waals surface area contributed by atoms with Crippen LogP contribution in [0.2, 0.25) is 0 Å². The summed E-state index contributed by atoms with van der Waals surface area (Å²) in [7, 11) is 0. The van der Waals surface area contributed by atoms with Gasteiger partial charge in [-0.25, -0.2) is 4.98 Å². The molecule has 3 rings (SSSR count). The standard InChI is InChI=1S/C16H28N4/c1-13(11-19-9-5-6-10-19)17-16-18-14(2)12-20(16)15-7-3-4-8-15/h12-13,15H,3-11H2,1-2H3,(H,17,18). The van der Waals surface area contributed by atoms with E-state index in [-0.39, 0.29) is 0 Å². The average molecular weight is 276 g/mol. The minimum atomic E-state index is 0.468. The van der Waals surface area contributed by atoms with Gasteiger partial charge in [0.25, 0.3) is 0 Å². The summed E-state index contributed by atoms with van der Waals surface area (Å²) in [6, 6.07) is 1.13. The molecule has 2 heterocycles. The normalized spacial score (nSPS) is 22.5. The van der Waals surface area contributed by atoms with E-state index in [0.717, 1.165) is 18.2 Å². The zero-order valence-electron chi connectivity index (χ0n) is 12.9. The molecule has 1 unspecified atom stereocenters. The molecule has 2 fully saturated rings. The van der Waals surface area contributed by atoms with Gasteiger partial charge in [0.05, 0.1) is 5.69 Å². The Morgan fingerprint density at radius 2 is 1.95 bits per heavy atom. The molecular formula is C16H28N4. The second-order valence-electron chi connectivity index (χ2n) is 6.60. The maximum Gasteiger partial charge on any atom is 0.203 e. The Balaban J connectivity index is 1.63. The van der Waals surface area contributed by atoms with E-state index in [9.17, 15) is 0 Å². The molecule has 1 N–H and O–H groups in total. The highest BCUT2D eigenvalue weighted by atomic mass is 15.2.